The molecule has 1 aromatic heterocycles. The molecule has 2 heterocycles. The molecule has 2 unspecified atom stereocenters. The first-order valence-electron chi connectivity index (χ1n) is 9.64. The van der Waals surface area contributed by atoms with E-state index >= 15 is 0 Å². The number of hydrogen-bond acceptors (Lipinski definition) is 6. The molecule has 2 aliphatic rings. The second-order valence-electron chi connectivity index (χ2n) is 8.20. The number of halogens is 5. The lowest BCUT2D eigenvalue weighted by Crippen LogP contribution is -2.35. The largest absolute Gasteiger partial charge is 0.484 e. The number of ether oxygens (including phenoxy) is 1. The number of rotatable bonds is 5. The molecule has 12 heteroatoms. The number of piperidine rings is 1. The fourth-order valence-electron chi connectivity index (χ4n) is 3.86. The molecule has 1 amide bonds. The van der Waals surface area contributed by atoms with Gasteiger partial charge in [-0.3, -0.25) is 4.79 Å². The summed E-state index contributed by atoms with van der Waals surface area (Å²) in [6.45, 7) is 2.08. The molecule has 0 bridgehead atoms. The Morgan fingerprint density at radius 2 is 2.09 bits per heavy atom. The highest BCUT2D eigenvalue weighted by atomic mass is 19.4. The molecule has 32 heavy (non-hydrogen) atoms. The monoisotopic (exact) mass is 456 g/mol. The number of carbonyl (C=O) groups is 1. The zero-order valence-corrected chi connectivity index (χ0v) is 16.9. The number of nitriles is 1. The Labute approximate surface area is 178 Å². The number of carbonyl (C=O) groups excluding carboxylic acids is 1. The van der Waals surface area contributed by atoms with Crippen LogP contribution in [0.15, 0.2) is 22.7 Å². The maximum absolute atomic E-state index is 13.6. The molecule has 1 saturated carbocycles. The van der Waals surface area contributed by atoms with E-state index in [1.54, 1.807) is 0 Å². The number of aromatic nitrogens is 2. The molecule has 170 valence electrons. The Kier molecular flexibility index (Phi) is 4.91. The lowest BCUT2D eigenvalue weighted by atomic mass is 10.1. The van der Waals surface area contributed by atoms with E-state index in [0.29, 0.717) is 13.3 Å². The molecule has 1 aromatic carbocycles. The highest BCUT2D eigenvalue weighted by molar-refractivity contribution is 5.97. The summed E-state index contributed by atoms with van der Waals surface area (Å²) < 4.78 is 75.2. The van der Waals surface area contributed by atoms with Gasteiger partial charge in [0.05, 0.1) is 22.6 Å². The zero-order valence-electron chi connectivity index (χ0n) is 16.9. The number of benzene rings is 1. The summed E-state index contributed by atoms with van der Waals surface area (Å²) in [6, 6.07) is 5.73. The van der Waals surface area contributed by atoms with Crippen molar-refractivity contribution in [3.8, 4) is 11.8 Å². The number of likely N-dealkylation sites (tertiary alicyclic amines) is 1. The van der Waals surface area contributed by atoms with Crippen LogP contribution >= 0.6 is 0 Å². The molecule has 7 nitrogen and oxygen atoms in total. The molecule has 2 aromatic rings. The average Bonchev–Trinajstić information content (AvgIpc) is 3.09. The van der Waals surface area contributed by atoms with Crippen molar-refractivity contribution in [1.29, 1.82) is 5.26 Å². The third kappa shape index (κ3) is 3.76. The summed E-state index contributed by atoms with van der Waals surface area (Å²) in [5.74, 6) is -5.61. The highest BCUT2D eigenvalue weighted by Crippen LogP contribution is 2.58. The SMILES string of the molecule is C[C@H](Oc1ccc(C#N)cc1C(=O)N1CC2CC2(c2noc(C(F)(F)F)n2)C1)C(C)(F)F. The second kappa shape index (κ2) is 7.15. The molecule has 2 fully saturated rings. The summed E-state index contributed by atoms with van der Waals surface area (Å²) in [5, 5.41) is 12.6. The van der Waals surface area contributed by atoms with E-state index in [1.807, 2.05) is 6.07 Å². The van der Waals surface area contributed by atoms with Gasteiger partial charge in [-0.05, 0) is 37.5 Å². The number of nitrogens with zero attached hydrogens (tertiary/aromatic N) is 4. The van der Waals surface area contributed by atoms with E-state index in [-0.39, 0.29) is 41.7 Å². The minimum absolute atomic E-state index is 0.0308. The van der Waals surface area contributed by atoms with Gasteiger partial charge in [-0.15, -0.1) is 0 Å². The van der Waals surface area contributed by atoms with Crippen LogP contribution in [0.5, 0.6) is 5.75 Å². The quantitative estimate of drug-likeness (QED) is 0.636. The van der Waals surface area contributed by atoms with Gasteiger partial charge in [0.1, 0.15) is 5.75 Å². The molecule has 4 rings (SSSR count). The molecular formula is C20H17F5N4O3. The highest BCUT2D eigenvalue weighted by Gasteiger charge is 2.65. The van der Waals surface area contributed by atoms with Crippen LogP contribution in [0.3, 0.4) is 0 Å². The molecule has 1 aliphatic heterocycles. The third-order valence-corrected chi connectivity index (χ3v) is 5.90. The van der Waals surface area contributed by atoms with Gasteiger partial charge < -0.3 is 14.2 Å². The van der Waals surface area contributed by atoms with Gasteiger partial charge in [0.25, 0.3) is 11.8 Å². The van der Waals surface area contributed by atoms with Crippen molar-refractivity contribution in [2.75, 3.05) is 13.1 Å². The first-order chi connectivity index (χ1) is 14.8. The van der Waals surface area contributed by atoms with Gasteiger partial charge >= 0.3 is 12.1 Å². The molecule has 0 N–H and O–H groups in total. The van der Waals surface area contributed by atoms with Crippen molar-refractivity contribution in [3.63, 3.8) is 0 Å². The molecule has 1 aliphatic carbocycles. The van der Waals surface area contributed by atoms with Crippen molar-refractivity contribution in [1.82, 2.24) is 15.0 Å². The maximum Gasteiger partial charge on any atom is 0.471 e. The number of fused-ring (bicyclic) bond motifs is 1. The van der Waals surface area contributed by atoms with Crippen molar-refractivity contribution in [3.05, 3.63) is 41.0 Å². The average molecular weight is 456 g/mol. The van der Waals surface area contributed by atoms with Crippen LogP contribution in [0.1, 0.15) is 47.9 Å². The molecule has 0 radical (unpaired) electrons. The van der Waals surface area contributed by atoms with Gasteiger partial charge in [0, 0.05) is 20.0 Å². The lowest BCUT2D eigenvalue weighted by Gasteiger charge is -2.25. The smallest absolute Gasteiger partial charge is 0.471 e. The van der Waals surface area contributed by atoms with Crippen molar-refractivity contribution in [2.24, 2.45) is 5.92 Å². The van der Waals surface area contributed by atoms with Crippen molar-refractivity contribution < 1.29 is 36.0 Å². The minimum atomic E-state index is -4.78. The Bertz CT molecular complexity index is 1100. The van der Waals surface area contributed by atoms with Crippen LogP contribution in [0.25, 0.3) is 0 Å². The molecule has 3 atom stereocenters. The fraction of sp³-hybridized carbons (Fsp3) is 0.500. The van der Waals surface area contributed by atoms with E-state index < -0.39 is 35.4 Å². The summed E-state index contributed by atoms with van der Waals surface area (Å²) >= 11 is 0. The van der Waals surface area contributed by atoms with Crippen LogP contribution in [0.2, 0.25) is 0 Å². The zero-order chi connectivity index (χ0) is 23.5. The Balaban J connectivity index is 1.58. The third-order valence-electron chi connectivity index (χ3n) is 5.90. The van der Waals surface area contributed by atoms with Crippen molar-refractivity contribution >= 4 is 5.91 Å². The predicted octanol–water partition coefficient (Wildman–Crippen LogP) is 3.80. The minimum Gasteiger partial charge on any atom is -0.484 e. The van der Waals surface area contributed by atoms with E-state index in [0.717, 1.165) is 6.92 Å². The van der Waals surface area contributed by atoms with Gasteiger partial charge in [-0.25, -0.2) is 8.78 Å². The number of hydrogen-bond donors (Lipinski definition) is 0. The summed E-state index contributed by atoms with van der Waals surface area (Å²) in [5.41, 5.74) is -0.801. The topological polar surface area (TPSA) is 92.2 Å². The van der Waals surface area contributed by atoms with E-state index in [9.17, 15) is 26.7 Å². The Morgan fingerprint density at radius 1 is 1.38 bits per heavy atom. The van der Waals surface area contributed by atoms with Crippen LogP contribution in [0, 0.1) is 17.2 Å². The summed E-state index contributed by atoms with van der Waals surface area (Å²) in [7, 11) is 0. The second-order valence-corrected chi connectivity index (χ2v) is 8.20. The van der Waals surface area contributed by atoms with E-state index in [2.05, 4.69) is 14.7 Å². The van der Waals surface area contributed by atoms with Crippen LogP contribution < -0.4 is 4.74 Å². The van der Waals surface area contributed by atoms with E-state index in [1.165, 1.54) is 23.1 Å². The van der Waals surface area contributed by atoms with Crippen molar-refractivity contribution in [2.45, 2.75) is 43.9 Å². The first-order valence-corrected chi connectivity index (χ1v) is 9.64. The normalized spacial score (nSPS) is 23.4. The lowest BCUT2D eigenvalue weighted by molar-refractivity contribution is -0.159. The number of alkyl halides is 5. The predicted molar refractivity (Wildman–Crippen MR) is 96.9 cm³/mol. The van der Waals surface area contributed by atoms with Gasteiger partial charge in [0.15, 0.2) is 11.9 Å². The fourth-order valence-corrected chi connectivity index (χ4v) is 3.86. The summed E-state index contributed by atoms with van der Waals surface area (Å²) in [6.07, 6.45) is -5.82. The Morgan fingerprint density at radius 3 is 2.69 bits per heavy atom. The van der Waals surface area contributed by atoms with Crippen LogP contribution in [-0.2, 0) is 11.6 Å². The standard InChI is InChI=1S/C20H17F5N4O3/c1-10(18(2,21)22)31-14-4-3-11(7-26)5-13(14)15(30)29-8-12-6-19(12,9-29)16-27-17(32-28-16)20(23,24)25/h3-5,10,12H,6,8-9H2,1-2H3/t10-,12?,19?/m0/s1. The van der Waals surface area contributed by atoms with Gasteiger partial charge in [0.2, 0.25) is 0 Å². The number of amides is 1. The summed E-state index contributed by atoms with van der Waals surface area (Å²) in [4.78, 5) is 18.0. The molecule has 0 spiro atoms. The Hall–Kier alpha value is -3.23. The van der Waals surface area contributed by atoms with Crippen LogP contribution in [-0.4, -0.2) is 46.1 Å². The van der Waals surface area contributed by atoms with E-state index in [4.69, 9.17) is 10.00 Å². The maximum atomic E-state index is 13.6. The van der Waals surface area contributed by atoms with Gasteiger partial charge in [-0.1, -0.05) is 5.16 Å². The molecule has 1 saturated heterocycles. The molecular weight excluding hydrogens is 439 g/mol. The van der Waals surface area contributed by atoms with Crippen LogP contribution in [0.4, 0.5) is 22.0 Å². The first kappa shape index (κ1) is 22.0. The van der Waals surface area contributed by atoms with Gasteiger partial charge in [-0.2, -0.15) is 23.4 Å².